The predicted octanol–water partition coefficient (Wildman–Crippen LogP) is 5.15. The second-order valence-electron chi connectivity index (χ2n) is 7.10. The molecule has 0 aliphatic carbocycles. The Kier molecular flexibility index (Phi) is 7.66. The van der Waals surface area contributed by atoms with Gasteiger partial charge in [0.1, 0.15) is 0 Å². The fourth-order valence-corrected chi connectivity index (χ4v) is 3.48. The van der Waals surface area contributed by atoms with Crippen molar-refractivity contribution in [1.29, 1.82) is 5.26 Å². The lowest BCUT2D eigenvalue weighted by atomic mass is 9.99. The Bertz CT molecular complexity index is 1180. The van der Waals surface area contributed by atoms with Crippen LogP contribution in [0.5, 0.6) is 0 Å². The first-order valence-corrected chi connectivity index (χ1v) is 10.6. The topological polar surface area (TPSA) is 106 Å². The van der Waals surface area contributed by atoms with Crippen LogP contribution in [0.2, 0.25) is 0 Å². The van der Waals surface area contributed by atoms with Crippen LogP contribution in [0.3, 0.4) is 0 Å². The van der Waals surface area contributed by atoms with Crippen molar-refractivity contribution in [2.24, 2.45) is 0 Å². The van der Waals surface area contributed by atoms with E-state index in [1.807, 2.05) is 42.5 Å². The molecule has 0 aliphatic rings. The monoisotopic (exact) mass is 443 g/mol. The van der Waals surface area contributed by atoms with Crippen molar-refractivity contribution in [3.8, 4) is 17.2 Å². The molecule has 3 aromatic rings. The molecule has 7 nitrogen and oxygen atoms in total. The highest BCUT2D eigenvalue weighted by molar-refractivity contribution is 6.04. The minimum absolute atomic E-state index is 0.125. The van der Waals surface area contributed by atoms with Gasteiger partial charge in [0.2, 0.25) is 0 Å². The third-order valence-electron chi connectivity index (χ3n) is 4.97. The number of ether oxygens (including phenoxy) is 2. The molecule has 168 valence electrons. The van der Waals surface area contributed by atoms with Gasteiger partial charge in [-0.1, -0.05) is 48.5 Å². The summed E-state index contributed by atoms with van der Waals surface area (Å²) >= 11 is 0. The van der Waals surface area contributed by atoms with Gasteiger partial charge in [-0.25, -0.2) is 9.59 Å². The van der Waals surface area contributed by atoms with E-state index in [0.717, 1.165) is 16.7 Å². The minimum Gasteiger partial charge on any atom is -0.462 e. The van der Waals surface area contributed by atoms with Crippen LogP contribution in [0.15, 0.2) is 66.7 Å². The molecule has 1 amide bonds. The maximum absolute atomic E-state index is 12.9. The summed E-state index contributed by atoms with van der Waals surface area (Å²) in [7, 11) is 0. The summed E-state index contributed by atoms with van der Waals surface area (Å²) in [4.78, 5) is 26.7. The molecule has 2 N–H and O–H groups in total. The molecule has 0 atom stereocenters. The molecular weight excluding hydrogens is 418 g/mol. The van der Waals surface area contributed by atoms with Crippen molar-refractivity contribution in [3.05, 3.63) is 83.4 Å². The summed E-state index contributed by atoms with van der Waals surface area (Å²) < 4.78 is 10.4. The number of esters is 1. The van der Waals surface area contributed by atoms with Crippen molar-refractivity contribution >= 4 is 23.4 Å². The van der Waals surface area contributed by atoms with E-state index in [1.54, 1.807) is 38.1 Å². The number of nitrogens with two attached hydrogens (primary N) is 1. The lowest BCUT2D eigenvalue weighted by Gasteiger charge is -2.25. The summed E-state index contributed by atoms with van der Waals surface area (Å²) in [6.07, 6.45) is -0.625. The SMILES string of the molecule is CCOC(=O)c1cccc(N)c1N(Cc1ccc(-c2ccccc2C#N)cc1)C(=O)OCC. The number of benzene rings is 3. The van der Waals surface area contributed by atoms with E-state index in [9.17, 15) is 14.9 Å². The molecule has 3 rings (SSSR count). The van der Waals surface area contributed by atoms with Crippen LogP contribution in [0, 0.1) is 11.3 Å². The number of hydrogen-bond acceptors (Lipinski definition) is 6. The highest BCUT2D eigenvalue weighted by Gasteiger charge is 2.26. The zero-order valence-electron chi connectivity index (χ0n) is 18.6. The summed E-state index contributed by atoms with van der Waals surface area (Å²) in [5, 5.41) is 9.37. The second kappa shape index (κ2) is 10.8. The quantitative estimate of drug-likeness (QED) is 0.400. The number of nitrogens with zero attached hydrogens (tertiary/aromatic N) is 2. The van der Waals surface area contributed by atoms with Crippen LogP contribution in [-0.2, 0) is 16.0 Å². The van der Waals surface area contributed by atoms with E-state index in [2.05, 4.69) is 6.07 Å². The molecule has 0 unspecified atom stereocenters. The van der Waals surface area contributed by atoms with Crippen LogP contribution in [0.4, 0.5) is 16.2 Å². The van der Waals surface area contributed by atoms with E-state index in [-0.39, 0.29) is 36.7 Å². The molecule has 0 aromatic heterocycles. The molecule has 0 heterocycles. The van der Waals surface area contributed by atoms with Gasteiger partial charge in [-0.2, -0.15) is 5.26 Å². The Labute approximate surface area is 193 Å². The Morgan fingerprint density at radius 3 is 2.30 bits per heavy atom. The molecule has 0 aliphatic heterocycles. The van der Waals surface area contributed by atoms with Crippen LogP contribution in [0.1, 0.15) is 35.3 Å². The summed E-state index contributed by atoms with van der Waals surface area (Å²) in [5.74, 6) is -0.572. The molecule has 3 aromatic carbocycles. The summed E-state index contributed by atoms with van der Waals surface area (Å²) in [6.45, 7) is 3.90. The Morgan fingerprint density at radius 1 is 0.939 bits per heavy atom. The number of carbonyl (C=O) groups is 2. The number of nitriles is 1. The Balaban J connectivity index is 1.98. The standard InChI is InChI=1S/C26H25N3O4/c1-3-32-25(30)22-10-7-11-23(28)24(22)29(26(31)33-4-2)17-18-12-14-19(15-13-18)21-9-6-5-8-20(21)16-27/h5-15H,3-4,17,28H2,1-2H3. The second-order valence-corrected chi connectivity index (χ2v) is 7.10. The number of hydrogen-bond donors (Lipinski definition) is 1. The van der Waals surface area contributed by atoms with E-state index in [4.69, 9.17) is 15.2 Å². The van der Waals surface area contributed by atoms with Crippen molar-refractivity contribution in [2.75, 3.05) is 23.8 Å². The lowest BCUT2D eigenvalue weighted by Crippen LogP contribution is -2.33. The van der Waals surface area contributed by atoms with Gasteiger partial charge >= 0.3 is 12.1 Å². The predicted molar refractivity (Wildman–Crippen MR) is 127 cm³/mol. The van der Waals surface area contributed by atoms with Crippen molar-refractivity contribution in [2.45, 2.75) is 20.4 Å². The third-order valence-corrected chi connectivity index (χ3v) is 4.97. The first-order valence-electron chi connectivity index (χ1n) is 10.6. The molecule has 0 saturated carbocycles. The van der Waals surface area contributed by atoms with E-state index >= 15 is 0 Å². The molecule has 7 heteroatoms. The van der Waals surface area contributed by atoms with Crippen LogP contribution in [0.25, 0.3) is 11.1 Å². The maximum atomic E-state index is 12.9. The molecule has 0 radical (unpaired) electrons. The zero-order valence-corrected chi connectivity index (χ0v) is 18.6. The van der Waals surface area contributed by atoms with Gasteiger partial charge in [-0.05, 0) is 48.7 Å². The number of amides is 1. The van der Waals surface area contributed by atoms with Crippen LogP contribution < -0.4 is 10.6 Å². The van der Waals surface area contributed by atoms with Gasteiger partial charge in [0.15, 0.2) is 0 Å². The van der Waals surface area contributed by atoms with E-state index in [0.29, 0.717) is 5.56 Å². The molecule has 0 spiro atoms. The first kappa shape index (κ1) is 23.4. The number of anilines is 2. The zero-order chi connectivity index (χ0) is 23.8. The van der Waals surface area contributed by atoms with Crippen molar-refractivity contribution < 1.29 is 19.1 Å². The highest BCUT2D eigenvalue weighted by Crippen LogP contribution is 2.31. The third kappa shape index (κ3) is 5.31. The fourth-order valence-electron chi connectivity index (χ4n) is 3.48. The van der Waals surface area contributed by atoms with E-state index < -0.39 is 12.1 Å². The maximum Gasteiger partial charge on any atom is 0.414 e. The first-order chi connectivity index (χ1) is 16.0. The van der Waals surface area contributed by atoms with Gasteiger partial charge in [-0.15, -0.1) is 0 Å². The van der Waals surface area contributed by atoms with Gasteiger partial charge in [-0.3, -0.25) is 4.90 Å². The van der Waals surface area contributed by atoms with Gasteiger partial charge < -0.3 is 15.2 Å². The number of para-hydroxylation sites is 1. The van der Waals surface area contributed by atoms with Gasteiger partial charge in [0.25, 0.3) is 0 Å². The fraction of sp³-hybridized carbons (Fsp3) is 0.192. The van der Waals surface area contributed by atoms with E-state index in [1.165, 1.54) is 4.90 Å². The largest absolute Gasteiger partial charge is 0.462 e. The number of rotatable bonds is 7. The number of carbonyl (C=O) groups excluding carboxylic acids is 2. The van der Waals surface area contributed by atoms with Crippen LogP contribution in [-0.4, -0.2) is 25.3 Å². The molecule has 33 heavy (non-hydrogen) atoms. The highest BCUT2D eigenvalue weighted by atomic mass is 16.6. The summed E-state index contributed by atoms with van der Waals surface area (Å²) in [6, 6.07) is 21.8. The van der Waals surface area contributed by atoms with Gasteiger partial charge in [0, 0.05) is 0 Å². The molecule has 0 saturated heterocycles. The van der Waals surface area contributed by atoms with Crippen molar-refractivity contribution in [1.82, 2.24) is 0 Å². The molecule has 0 bridgehead atoms. The Morgan fingerprint density at radius 2 is 1.64 bits per heavy atom. The van der Waals surface area contributed by atoms with Crippen LogP contribution >= 0.6 is 0 Å². The lowest BCUT2D eigenvalue weighted by molar-refractivity contribution is 0.0527. The Hall–Kier alpha value is -4.31. The average Bonchev–Trinajstić information content (AvgIpc) is 2.83. The average molecular weight is 444 g/mol. The minimum atomic E-state index is -0.625. The normalized spacial score (nSPS) is 10.2. The number of nitrogen functional groups attached to an aromatic ring is 1. The van der Waals surface area contributed by atoms with Crippen molar-refractivity contribution in [3.63, 3.8) is 0 Å². The van der Waals surface area contributed by atoms with Gasteiger partial charge in [0.05, 0.1) is 48.3 Å². The molecular formula is C26H25N3O4. The summed E-state index contributed by atoms with van der Waals surface area (Å²) in [5.41, 5.74) is 9.95. The molecule has 0 fully saturated rings. The smallest absolute Gasteiger partial charge is 0.414 e.